The lowest BCUT2D eigenvalue weighted by Gasteiger charge is -2.08. The molecule has 0 amide bonds. The van der Waals surface area contributed by atoms with Gasteiger partial charge in [0.05, 0.1) is 21.7 Å². The maximum absolute atomic E-state index is 13.3. The van der Waals surface area contributed by atoms with E-state index in [9.17, 15) is 25.1 Å². The van der Waals surface area contributed by atoms with E-state index in [1.807, 2.05) is 4.72 Å². The van der Waals surface area contributed by atoms with Crippen LogP contribution < -0.4 is 4.72 Å². The Balaban J connectivity index is 2.35. The fraction of sp³-hybridized carbons (Fsp3) is 0. The first kappa shape index (κ1) is 15.3. The number of nitrogens with zero attached hydrogens (tertiary/aromatic N) is 1. The average molecular weight is 334 g/mol. The lowest BCUT2D eigenvalue weighted by molar-refractivity contribution is 0.551. The van der Waals surface area contributed by atoms with Gasteiger partial charge in [-0.15, -0.1) is 3.89 Å². The number of pyridine rings is 1. The van der Waals surface area contributed by atoms with E-state index in [2.05, 4.69) is 4.98 Å². The van der Waals surface area contributed by atoms with Crippen LogP contribution in [0.5, 0.6) is 0 Å². The molecule has 2 aromatic rings. The van der Waals surface area contributed by atoms with Crippen LogP contribution in [0.2, 0.25) is 0 Å². The lowest BCUT2D eigenvalue weighted by Crippen LogP contribution is -2.14. The second-order valence-corrected chi connectivity index (χ2v) is 6.90. The van der Waals surface area contributed by atoms with Crippen molar-refractivity contribution in [1.29, 1.82) is 0 Å². The zero-order valence-corrected chi connectivity index (χ0v) is 11.8. The summed E-state index contributed by atoms with van der Waals surface area (Å²) < 4.78 is 73.2. The molecule has 0 radical (unpaired) electrons. The van der Waals surface area contributed by atoms with Crippen molar-refractivity contribution in [3.8, 4) is 0 Å². The number of anilines is 1. The Bertz CT molecular complexity index is 865. The number of halogens is 2. The minimum Gasteiger partial charge on any atom is -0.277 e. The summed E-state index contributed by atoms with van der Waals surface area (Å²) in [5.74, 6) is -0.871. The summed E-state index contributed by atoms with van der Waals surface area (Å²) in [5.41, 5.74) is -0.313. The van der Waals surface area contributed by atoms with E-state index >= 15 is 0 Å². The molecule has 0 aliphatic carbocycles. The molecule has 10 heteroatoms. The predicted octanol–water partition coefficient (Wildman–Crippen LogP) is 1.68. The highest BCUT2D eigenvalue weighted by molar-refractivity contribution is 7.92. The standard InChI is InChI=1S/C11H8F2N2O4S2/c12-10-7-14-6-5-11(10)15-21(18,19)9-3-1-8(2-4-9)20(13,16)17/h1-7H,(H,14,15). The van der Waals surface area contributed by atoms with Crippen molar-refractivity contribution in [2.24, 2.45) is 0 Å². The van der Waals surface area contributed by atoms with Crippen LogP contribution in [-0.4, -0.2) is 21.8 Å². The molecule has 0 aliphatic rings. The van der Waals surface area contributed by atoms with Gasteiger partial charge in [-0.2, -0.15) is 8.42 Å². The van der Waals surface area contributed by atoms with Crippen LogP contribution in [0.3, 0.4) is 0 Å². The average Bonchev–Trinajstić information content (AvgIpc) is 2.40. The number of aromatic nitrogens is 1. The van der Waals surface area contributed by atoms with E-state index < -0.39 is 31.0 Å². The van der Waals surface area contributed by atoms with Gasteiger partial charge in [-0.3, -0.25) is 9.71 Å². The molecule has 0 saturated heterocycles. The second kappa shape index (κ2) is 5.37. The second-order valence-electron chi connectivity index (χ2n) is 3.87. The van der Waals surface area contributed by atoms with Crippen molar-refractivity contribution in [3.05, 3.63) is 48.5 Å². The third-order valence-corrected chi connectivity index (χ3v) is 4.65. The number of rotatable bonds is 4. The zero-order valence-electron chi connectivity index (χ0n) is 10.2. The van der Waals surface area contributed by atoms with Crippen molar-refractivity contribution >= 4 is 25.9 Å². The van der Waals surface area contributed by atoms with E-state index in [1.54, 1.807) is 0 Å². The minimum atomic E-state index is -4.91. The molecule has 21 heavy (non-hydrogen) atoms. The molecule has 0 spiro atoms. The molecule has 1 N–H and O–H groups in total. The first-order chi connectivity index (χ1) is 9.70. The van der Waals surface area contributed by atoms with Gasteiger partial charge in [0, 0.05) is 6.20 Å². The molecule has 0 saturated carbocycles. The van der Waals surface area contributed by atoms with Gasteiger partial charge in [0.2, 0.25) is 0 Å². The van der Waals surface area contributed by atoms with Crippen LogP contribution in [0.4, 0.5) is 14.0 Å². The molecule has 6 nitrogen and oxygen atoms in total. The van der Waals surface area contributed by atoms with Gasteiger partial charge < -0.3 is 0 Å². The van der Waals surface area contributed by atoms with Gasteiger partial charge in [-0.1, -0.05) is 0 Å². The number of hydrogen-bond donors (Lipinski definition) is 1. The van der Waals surface area contributed by atoms with Crippen LogP contribution >= 0.6 is 0 Å². The summed E-state index contributed by atoms with van der Waals surface area (Å²) in [6.07, 6.45) is 2.02. The number of hydrogen-bond acceptors (Lipinski definition) is 5. The minimum absolute atomic E-state index is 0.313. The van der Waals surface area contributed by atoms with Crippen molar-refractivity contribution < 1.29 is 25.1 Å². The van der Waals surface area contributed by atoms with Crippen LogP contribution in [-0.2, 0) is 20.2 Å². The van der Waals surface area contributed by atoms with Crippen LogP contribution in [0, 0.1) is 5.82 Å². The summed E-state index contributed by atoms with van der Waals surface area (Å²) >= 11 is 0. The summed E-state index contributed by atoms with van der Waals surface area (Å²) in [5, 5.41) is 0. The van der Waals surface area contributed by atoms with Gasteiger partial charge in [0.25, 0.3) is 10.0 Å². The largest absolute Gasteiger partial charge is 0.332 e. The van der Waals surface area contributed by atoms with Gasteiger partial charge in [0.1, 0.15) is 0 Å². The smallest absolute Gasteiger partial charge is 0.277 e. The van der Waals surface area contributed by atoms with Crippen LogP contribution in [0.25, 0.3) is 0 Å². The highest BCUT2D eigenvalue weighted by Crippen LogP contribution is 2.20. The molecule has 0 atom stereocenters. The molecule has 1 aromatic carbocycles. The summed E-state index contributed by atoms with van der Waals surface area (Å²) in [7, 11) is -9.05. The number of benzene rings is 1. The van der Waals surface area contributed by atoms with E-state index in [0.29, 0.717) is 0 Å². The molecule has 0 aliphatic heterocycles. The molecule has 2 rings (SSSR count). The van der Waals surface area contributed by atoms with Gasteiger partial charge in [0.15, 0.2) is 5.82 Å². The Morgan fingerprint density at radius 1 is 0.952 bits per heavy atom. The van der Waals surface area contributed by atoms with Crippen LogP contribution in [0.1, 0.15) is 0 Å². The first-order valence-corrected chi connectivity index (χ1v) is 8.24. The maximum Gasteiger partial charge on any atom is 0.332 e. The summed E-state index contributed by atoms with van der Waals surface area (Å²) in [6, 6.07) is 4.51. The van der Waals surface area contributed by atoms with Crippen molar-refractivity contribution in [2.45, 2.75) is 9.79 Å². The molecule has 0 unspecified atom stereocenters. The van der Waals surface area contributed by atoms with Gasteiger partial charge in [-0.25, -0.2) is 12.8 Å². The Hall–Kier alpha value is -2.07. The Morgan fingerprint density at radius 2 is 1.52 bits per heavy atom. The topological polar surface area (TPSA) is 93.2 Å². The molecule has 0 bridgehead atoms. The van der Waals surface area contributed by atoms with Crippen molar-refractivity contribution in [1.82, 2.24) is 4.98 Å². The van der Waals surface area contributed by atoms with Gasteiger partial charge >= 0.3 is 10.2 Å². The molecular formula is C11H8F2N2O4S2. The third-order valence-electron chi connectivity index (χ3n) is 2.43. The van der Waals surface area contributed by atoms with E-state index in [-0.39, 0.29) is 10.6 Å². The van der Waals surface area contributed by atoms with E-state index in [4.69, 9.17) is 0 Å². The third kappa shape index (κ3) is 3.52. The highest BCUT2D eigenvalue weighted by Gasteiger charge is 2.18. The first-order valence-electron chi connectivity index (χ1n) is 5.37. The fourth-order valence-electron chi connectivity index (χ4n) is 1.44. The monoisotopic (exact) mass is 334 g/mol. The van der Waals surface area contributed by atoms with E-state index in [0.717, 1.165) is 36.5 Å². The van der Waals surface area contributed by atoms with E-state index in [1.165, 1.54) is 6.20 Å². The SMILES string of the molecule is O=S(=O)(F)c1ccc(S(=O)(=O)Nc2ccncc2F)cc1. The summed E-state index contributed by atoms with van der Waals surface area (Å²) in [6.45, 7) is 0. The van der Waals surface area contributed by atoms with Gasteiger partial charge in [-0.05, 0) is 30.3 Å². The fourth-order valence-corrected chi connectivity index (χ4v) is 2.97. The van der Waals surface area contributed by atoms with Crippen LogP contribution in [0.15, 0.2) is 52.5 Å². The Morgan fingerprint density at radius 3 is 2.05 bits per heavy atom. The molecule has 112 valence electrons. The Labute approximate surface area is 119 Å². The maximum atomic E-state index is 13.3. The quantitative estimate of drug-likeness (QED) is 0.859. The number of nitrogens with one attached hydrogen (secondary N) is 1. The molecule has 1 heterocycles. The zero-order chi connectivity index (χ0) is 15.7. The normalized spacial score (nSPS) is 12.1. The van der Waals surface area contributed by atoms with Crippen molar-refractivity contribution in [2.75, 3.05) is 4.72 Å². The van der Waals surface area contributed by atoms with Crippen molar-refractivity contribution in [3.63, 3.8) is 0 Å². The predicted molar refractivity (Wildman–Crippen MR) is 69.7 cm³/mol. The molecule has 0 fully saturated rings. The number of sulfonamides is 1. The summed E-state index contributed by atoms with van der Waals surface area (Å²) in [4.78, 5) is 2.46. The molecule has 1 aromatic heterocycles. The highest BCUT2D eigenvalue weighted by atomic mass is 32.3. The Kier molecular flexibility index (Phi) is 3.92. The molecular weight excluding hydrogens is 326 g/mol. The lowest BCUT2D eigenvalue weighted by atomic mass is 10.4.